The minimum Gasteiger partial charge on any atom is -0.497 e. The van der Waals surface area contributed by atoms with Gasteiger partial charge in [-0.05, 0) is 31.2 Å². The molecule has 2 amide bonds. The Morgan fingerprint density at radius 2 is 1.63 bits per heavy atom. The number of ether oxygens (including phenoxy) is 1. The van der Waals surface area contributed by atoms with Crippen LogP contribution in [-0.2, 0) is 14.4 Å². The molecule has 43 heavy (non-hydrogen) atoms. The molecule has 0 bridgehead atoms. The van der Waals surface area contributed by atoms with Gasteiger partial charge in [-0.3, -0.25) is 14.4 Å². The van der Waals surface area contributed by atoms with Crippen molar-refractivity contribution in [3.05, 3.63) is 88.5 Å². The highest BCUT2D eigenvalue weighted by atomic mass is 19.3. The highest BCUT2D eigenvalue weighted by Gasteiger charge is 2.35. The normalized spacial score (nSPS) is 14.4. The Kier molecular flexibility index (Phi) is 18.5. The van der Waals surface area contributed by atoms with E-state index in [1.165, 1.54) is 36.3 Å². The highest BCUT2D eigenvalue weighted by molar-refractivity contribution is 5.88. The molecule has 3 N–H and O–H groups in total. The summed E-state index contributed by atoms with van der Waals surface area (Å²) < 4.78 is 65.3. The number of carbonyl (C=O) groups excluding carboxylic acids is 3. The Bertz CT molecular complexity index is 1180. The minimum absolute atomic E-state index is 0.0200. The van der Waals surface area contributed by atoms with Gasteiger partial charge < -0.3 is 30.1 Å². The number of alkyl halides is 2. The average molecular weight is 618 g/mol. The van der Waals surface area contributed by atoms with Gasteiger partial charge in [-0.15, -0.1) is 0 Å². The maximum atomic E-state index is 14.3. The lowest BCUT2D eigenvalue weighted by molar-refractivity contribution is -0.127. The van der Waals surface area contributed by atoms with Crippen molar-refractivity contribution in [2.75, 3.05) is 41.4 Å². The molecule has 1 atom stereocenters. The van der Waals surface area contributed by atoms with E-state index in [-0.39, 0.29) is 42.4 Å². The van der Waals surface area contributed by atoms with Crippen LogP contribution in [0.1, 0.15) is 23.5 Å². The lowest BCUT2D eigenvalue weighted by Crippen LogP contribution is -2.25. The number of hydrogen-bond donors (Lipinski definition) is 3. The Balaban J connectivity index is 0.000000896. The standard InChI is InChI=1S/C19H22F2N2O4.C7H7F.C2H5NO.CH2F2O/c1-22(2)13(10-24)4-5-14(11-25)23-9-12(6-18(23)26)19-16(20)7-15(27-3)8-17(19)21;1-6-2-4-7(8)5-3-6;1-3-2-4;2-1(3)4/h4-5,7-8,11-12,24H,6,9-10H2,1-3H3;2-5H,1H3;2H,1H3,(H,3,4);1,4H/b13-4-,14-5+;;;. The second-order valence-electron chi connectivity index (χ2n) is 8.81. The fourth-order valence-electron chi connectivity index (χ4n) is 3.47. The van der Waals surface area contributed by atoms with E-state index in [2.05, 4.69) is 5.32 Å². The summed E-state index contributed by atoms with van der Waals surface area (Å²) in [6.07, 6.45) is 3.93. The molecule has 0 radical (unpaired) electrons. The molecule has 0 spiro atoms. The third-order valence-electron chi connectivity index (χ3n) is 5.57. The summed E-state index contributed by atoms with van der Waals surface area (Å²) in [5, 5.41) is 18.3. The number of aliphatic hydroxyl groups is 2. The Hall–Kier alpha value is -4.30. The van der Waals surface area contributed by atoms with Crippen LogP contribution in [0.3, 0.4) is 0 Å². The number of methoxy groups -OCH3 is 1. The SMILES string of the molecule is CNC=O.COc1cc(F)c(C2CC(=O)N(/C(C=O)=C/C=C(/CO)N(C)C)C2)c(F)c1.Cc1ccc(F)cc1.OC(F)F. The minimum atomic E-state index is -3.17. The quantitative estimate of drug-likeness (QED) is 0.180. The van der Waals surface area contributed by atoms with Crippen LogP contribution in [0.5, 0.6) is 5.75 Å². The van der Waals surface area contributed by atoms with Crippen molar-refractivity contribution < 1.29 is 51.3 Å². The molecule has 1 unspecified atom stereocenters. The van der Waals surface area contributed by atoms with E-state index in [1.807, 2.05) is 6.92 Å². The van der Waals surface area contributed by atoms with E-state index >= 15 is 0 Å². The number of rotatable bonds is 8. The zero-order chi connectivity index (χ0) is 33.1. The number of allylic oxidation sites excluding steroid dienone is 3. The van der Waals surface area contributed by atoms with Gasteiger partial charge in [0.15, 0.2) is 6.29 Å². The van der Waals surface area contributed by atoms with Crippen molar-refractivity contribution in [3.8, 4) is 5.75 Å². The van der Waals surface area contributed by atoms with E-state index < -0.39 is 30.1 Å². The molecule has 238 valence electrons. The molecule has 1 heterocycles. The van der Waals surface area contributed by atoms with E-state index in [1.54, 1.807) is 38.2 Å². The predicted molar refractivity (Wildman–Crippen MR) is 149 cm³/mol. The number of amides is 2. The molecule has 14 heteroatoms. The predicted octanol–water partition coefficient (Wildman–Crippen LogP) is 3.51. The number of likely N-dealkylation sites (tertiary alicyclic amines) is 1. The van der Waals surface area contributed by atoms with Crippen LogP contribution in [0.4, 0.5) is 22.0 Å². The van der Waals surface area contributed by atoms with Crippen molar-refractivity contribution in [3.63, 3.8) is 0 Å². The monoisotopic (exact) mass is 617 g/mol. The van der Waals surface area contributed by atoms with Crippen molar-refractivity contribution >= 4 is 18.6 Å². The van der Waals surface area contributed by atoms with Crippen LogP contribution < -0.4 is 10.1 Å². The summed E-state index contributed by atoms with van der Waals surface area (Å²) >= 11 is 0. The second kappa shape index (κ2) is 20.6. The Labute approximate surface area is 246 Å². The molecule has 3 rings (SSSR count). The maximum Gasteiger partial charge on any atom is 0.342 e. The van der Waals surface area contributed by atoms with Crippen LogP contribution in [0, 0.1) is 24.4 Å². The lowest BCUT2D eigenvalue weighted by Gasteiger charge is -2.18. The second-order valence-corrected chi connectivity index (χ2v) is 8.81. The van der Waals surface area contributed by atoms with E-state index in [0.717, 1.165) is 17.7 Å². The fraction of sp³-hybridized carbons (Fsp3) is 0.345. The van der Waals surface area contributed by atoms with Crippen LogP contribution in [0.25, 0.3) is 0 Å². The number of carbonyl (C=O) groups is 3. The number of hydrogen-bond acceptors (Lipinski definition) is 7. The largest absolute Gasteiger partial charge is 0.497 e. The summed E-state index contributed by atoms with van der Waals surface area (Å²) in [6, 6.07) is 8.53. The molecule has 1 saturated heterocycles. The molecule has 0 aliphatic carbocycles. The van der Waals surface area contributed by atoms with E-state index in [0.29, 0.717) is 18.4 Å². The number of likely N-dealkylation sites (N-methyl/N-ethyl adjacent to an activating group) is 1. The number of aldehydes is 1. The summed E-state index contributed by atoms with van der Waals surface area (Å²) in [5.74, 6) is -2.83. The fourth-order valence-corrected chi connectivity index (χ4v) is 3.47. The number of aliphatic hydroxyl groups excluding tert-OH is 2. The molecule has 1 fully saturated rings. The first-order chi connectivity index (χ1) is 20.2. The zero-order valence-corrected chi connectivity index (χ0v) is 24.4. The van der Waals surface area contributed by atoms with Gasteiger partial charge in [0.2, 0.25) is 12.3 Å². The van der Waals surface area contributed by atoms with Gasteiger partial charge in [0.05, 0.1) is 19.4 Å². The molecule has 2 aromatic carbocycles. The third-order valence-corrected chi connectivity index (χ3v) is 5.57. The topological polar surface area (TPSA) is 119 Å². The van der Waals surface area contributed by atoms with Gasteiger partial charge in [-0.25, -0.2) is 13.2 Å². The molecule has 0 aromatic heterocycles. The number of halogens is 5. The van der Waals surface area contributed by atoms with Crippen molar-refractivity contribution in [1.82, 2.24) is 15.1 Å². The van der Waals surface area contributed by atoms with Gasteiger partial charge in [0.25, 0.3) is 0 Å². The van der Waals surface area contributed by atoms with Crippen LogP contribution in [0.2, 0.25) is 0 Å². The van der Waals surface area contributed by atoms with E-state index in [9.17, 15) is 36.6 Å². The summed E-state index contributed by atoms with van der Waals surface area (Å²) in [4.78, 5) is 35.7. The van der Waals surface area contributed by atoms with Gasteiger partial charge in [0, 0.05) is 63.4 Å². The maximum absolute atomic E-state index is 14.3. The number of nitrogens with one attached hydrogen (secondary N) is 1. The average Bonchev–Trinajstić information content (AvgIpc) is 3.32. The van der Waals surface area contributed by atoms with Crippen LogP contribution in [-0.4, -0.2) is 86.6 Å². The highest BCUT2D eigenvalue weighted by Crippen LogP contribution is 2.35. The van der Waals surface area contributed by atoms with Crippen LogP contribution in [0.15, 0.2) is 59.9 Å². The molecule has 1 aliphatic heterocycles. The molecule has 2 aromatic rings. The molecular formula is C29H36F5N3O6. The molecule has 0 saturated carbocycles. The van der Waals surface area contributed by atoms with Gasteiger partial charge >= 0.3 is 6.61 Å². The number of benzene rings is 2. The van der Waals surface area contributed by atoms with Crippen molar-refractivity contribution in [2.45, 2.75) is 25.9 Å². The summed E-state index contributed by atoms with van der Waals surface area (Å²) in [6.45, 7) is -1.50. The van der Waals surface area contributed by atoms with Gasteiger partial charge in [0.1, 0.15) is 23.2 Å². The third kappa shape index (κ3) is 14.4. The Morgan fingerprint density at radius 3 is 2.00 bits per heavy atom. The smallest absolute Gasteiger partial charge is 0.342 e. The van der Waals surface area contributed by atoms with Crippen molar-refractivity contribution in [2.24, 2.45) is 0 Å². The molecule has 1 aliphatic rings. The molecule has 9 nitrogen and oxygen atoms in total. The first-order valence-corrected chi connectivity index (χ1v) is 12.5. The number of aryl methyl sites for hydroxylation is 1. The van der Waals surface area contributed by atoms with Gasteiger partial charge in [-0.1, -0.05) is 17.7 Å². The first-order valence-electron chi connectivity index (χ1n) is 12.5. The Morgan fingerprint density at radius 1 is 1.12 bits per heavy atom. The van der Waals surface area contributed by atoms with Gasteiger partial charge in [-0.2, -0.15) is 8.78 Å². The number of nitrogens with zero attached hydrogens (tertiary/aromatic N) is 2. The van der Waals surface area contributed by atoms with Crippen LogP contribution >= 0.6 is 0 Å². The summed E-state index contributed by atoms with van der Waals surface area (Å²) in [7, 11) is 6.32. The zero-order valence-electron chi connectivity index (χ0n) is 24.4. The lowest BCUT2D eigenvalue weighted by atomic mass is 9.97. The van der Waals surface area contributed by atoms with E-state index in [4.69, 9.17) is 14.6 Å². The first kappa shape index (κ1) is 38.7. The summed E-state index contributed by atoms with van der Waals surface area (Å²) in [5.41, 5.74) is 1.48. The van der Waals surface area contributed by atoms with Crippen molar-refractivity contribution in [1.29, 1.82) is 0 Å². The molecular weight excluding hydrogens is 581 g/mol.